The lowest BCUT2D eigenvalue weighted by Crippen LogP contribution is -2.20. The number of nitrogens with zero attached hydrogens (tertiary/aromatic N) is 3. The number of aryl methyl sites for hydroxylation is 2. The van der Waals surface area contributed by atoms with Crippen molar-refractivity contribution in [2.45, 2.75) is 20.4 Å². The first-order chi connectivity index (χ1) is 11.0. The maximum Gasteiger partial charge on any atom is 0.322 e. The molecule has 0 aliphatic heterocycles. The quantitative estimate of drug-likeness (QED) is 0.613. The molecule has 0 atom stereocenters. The highest BCUT2D eigenvalue weighted by atomic mass is 35.5. The van der Waals surface area contributed by atoms with Crippen LogP contribution in [0.2, 0.25) is 0 Å². The van der Waals surface area contributed by atoms with Crippen molar-refractivity contribution >= 4 is 29.7 Å². The first-order valence-corrected chi connectivity index (χ1v) is 7.23. The van der Waals surface area contributed by atoms with Gasteiger partial charge in [-0.25, -0.2) is 0 Å². The number of nitrogens with one attached hydrogen (secondary N) is 2. The van der Waals surface area contributed by atoms with Gasteiger partial charge in [0, 0.05) is 19.3 Å². The van der Waals surface area contributed by atoms with Crippen LogP contribution in [0.5, 0.6) is 0 Å². The molecule has 130 valence electrons. The van der Waals surface area contributed by atoms with Crippen LogP contribution in [0, 0.1) is 17.0 Å². The number of rotatable bonds is 6. The van der Waals surface area contributed by atoms with E-state index in [-0.39, 0.29) is 29.5 Å². The minimum atomic E-state index is -0.582. The number of carbonyl (C=O) groups is 1. The first kappa shape index (κ1) is 19.6. The molecule has 1 aromatic carbocycles. The van der Waals surface area contributed by atoms with Crippen LogP contribution < -0.4 is 10.6 Å². The van der Waals surface area contributed by atoms with Crippen molar-refractivity contribution in [1.29, 1.82) is 0 Å². The third-order valence-corrected chi connectivity index (χ3v) is 3.42. The second-order valence-corrected chi connectivity index (χ2v) is 5.05. The van der Waals surface area contributed by atoms with E-state index in [4.69, 9.17) is 0 Å². The third kappa shape index (κ3) is 4.09. The highest BCUT2D eigenvalue weighted by Gasteiger charge is 2.29. The highest BCUT2D eigenvalue weighted by Crippen LogP contribution is 2.24. The zero-order valence-corrected chi connectivity index (χ0v) is 14.5. The maximum absolute atomic E-state index is 12.5. The van der Waals surface area contributed by atoms with E-state index in [1.165, 1.54) is 18.7 Å². The van der Waals surface area contributed by atoms with Gasteiger partial charge in [-0.3, -0.25) is 19.6 Å². The standard InChI is InChI=1S/C15H19N5O3.ClH/c1-4-16-9-11-7-5-6-8-12(11)17-15(21)14-13(20(22)23)10(2)18-19(14)3;/h5-8,16H,4,9H2,1-3H3,(H,17,21);1H. The van der Waals surface area contributed by atoms with Gasteiger partial charge >= 0.3 is 5.69 Å². The Bertz CT molecular complexity index is 745. The Hall–Kier alpha value is -2.45. The van der Waals surface area contributed by atoms with E-state index in [9.17, 15) is 14.9 Å². The summed E-state index contributed by atoms with van der Waals surface area (Å²) in [5.41, 5.74) is 1.40. The van der Waals surface area contributed by atoms with Crippen molar-refractivity contribution in [3.05, 3.63) is 51.3 Å². The lowest BCUT2D eigenvalue weighted by molar-refractivity contribution is -0.385. The Labute approximate surface area is 145 Å². The Kier molecular flexibility index (Phi) is 6.87. The topological polar surface area (TPSA) is 102 Å². The van der Waals surface area contributed by atoms with E-state index in [2.05, 4.69) is 15.7 Å². The molecule has 0 radical (unpaired) electrons. The van der Waals surface area contributed by atoms with Gasteiger partial charge in [0.1, 0.15) is 5.69 Å². The minimum Gasteiger partial charge on any atom is -0.320 e. The monoisotopic (exact) mass is 353 g/mol. The zero-order chi connectivity index (χ0) is 17.0. The van der Waals surface area contributed by atoms with Crippen molar-refractivity contribution in [1.82, 2.24) is 15.1 Å². The number of amides is 1. The number of halogens is 1. The van der Waals surface area contributed by atoms with Gasteiger partial charge in [0.25, 0.3) is 5.91 Å². The molecule has 1 aromatic heterocycles. The molecule has 0 saturated carbocycles. The number of hydrogen-bond acceptors (Lipinski definition) is 5. The number of anilines is 1. The summed E-state index contributed by atoms with van der Waals surface area (Å²) in [6.45, 7) is 4.89. The molecule has 24 heavy (non-hydrogen) atoms. The predicted molar refractivity (Wildman–Crippen MR) is 93.6 cm³/mol. The van der Waals surface area contributed by atoms with Crippen LogP contribution in [0.4, 0.5) is 11.4 Å². The predicted octanol–water partition coefficient (Wildman–Crippen LogP) is 2.42. The van der Waals surface area contributed by atoms with Gasteiger partial charge in [0.05, 0.1) is 4.92 Å². The summed E-state index contributed by atoms with van der Waals surface area (Å²) in [4.78, 5) is 23.1. The number of aromatic nitrogens is 2. The van der Waals surface area contributed by atoms with Gasteiger partial charge in [0.15, 0.2) is 0 Å². The van der Waals surface area contributed by atoms with Gasteiger partial charge in [-0.15, -0.1) is 12.4 Å². The largest absolute Gasteiger partial charge is 0.322 e. The van der Waals surface area contributed by atoms with E-state index in [0.29, 0.717) is 12.2 Å². The Balaban J connectivity index is 0.00000288. The summed E-state index contributed by atoms with van der Waals surface area (Å²) < 4.78 is 1.23. The van der Waals surface area contributed by atoms with Gasteiger partial charge in [0.2, 0.25) is 5.69 Å². The Morgan fingerprint density at radius 2 is 2.04 bits per heavy atom. The molecule has 9 heteroatoms. The normalized spacial score (nSPS) is 10.1. The van der Waals surface area contributed by atoms with Crippen LogP contribution in [0.3, 0.4) is 0 Å². The van der Waals surface area contributed by atoms with E-state index in [1.807, 2.05) is 19.1 Å². The van der Waals surface area contributed by atoms with Crippen molar-refractivity contribution in [2.24, 2.45) is 7.05 Å². The maximum atomic E-state index is 12.5. The molecule has 0 aliphatic carbocycles. The van der Waals surface area contributed by atoms with Crippen LogP contribution in [-0.4, -0.2) is 27.2 Å². The fourth-order valence-corrected chi connectivity index (χ4v) is 2.36. The van der Waals surface area contributed by atoms with Crippen LogP contribution >= 0.6 is 12.4 Å². The second kappa shape index (κ2) is 8.42. The molecular formula is C15H20ClN5O3. The Morgan fingerprint density at radius 3 is 2.67 bits per heavy atom. The summed E-state index contributed by atoms with van der Waals surface area (Å²) in [5.74, 6) is -0.552. The number of nitro groups is 1. The van der Waals surface area contributed by atoms with E-state index >= 15 is 0 Å². The van der Waals surface area contributed by atoms with E-state index in [1.54, 1.807) is 12.1 Å². The lowest BCUT2D eigenvalue weighted by atomic mass is 10.1. The van der Waals surface area contributed by atoms with Crippen molar-refractivity contribution in [2.75, 3.05) is 11.9 Å². The molecule has 0 fully saturated rings. The molecule has 1 amide bonds. The molecule has 0 unspecified atom stereocenters. The summed E-state index contributed by atoms with van der Waals surface area (Å²) in [5, 5.41) is 21.1. The van der Waals surface area contributed by atoms with Gasteiger partial charge in [-0.05, 0) is 25.1 Å². The lowest BCUT2D eigenvalue weighted by Gasteiger charge is -2.11. The fourth-order valence-electron chi connectivity index (χ4n) is 2.36. The molecule has 0 aliphatic rings. The average Bonchev–Trinajstić information content (AvgIpc) is 2.81. The molecule has 8 nitrogen and oxygen atoms in total. The molecule has 0 saturated heterocycles. The summed E-state index contributed by atoms with van der Waals surface area (Å²) in [7, 11) is 1.51. The van der Waals surface area contributed by atoms with Gasteiger partial charge in [-0.2, -0.15) is 5.10 Å². The van der Waals surface area contributed by atoms with Crippen LogP contribution in [0.25, 0.3) is 0 Å². The van der Waals surface area contributed by atoms with Crippen molar-refractivity contribution in [3.63, 3.8) is 0 Å². The second-order valence-electron chi connectivity index (χ2n) is 5.05. The van der Waals surface area contributed by atoms with E-state index < -0.39 is 10.8 Å². The fraction of sp³-hybridized carbons (Fsp3) is 0.333. The molecule has 2 aromatic rings. The molecule has 2 N–H and O–H groups in total. The zero-order valence-electron chi connectivity index (χ0n) is 13.7. The third-order valence-electron chi connectivity index (χ3n) is 3.42. The molecule has 2 rings (SSSR count). The van der Waals surface area contributed by atoms with Gasteiger partial charge in [-0.1, -0.05) is 25.1 Å². The SMILES string of the molecule is CCNCc1ccccc1NC(=O)c1c([N+](=O)[O-])c(C)nn1C.Cl. The molecular weight excluding hydrogens is 334 g/mol. The molecule has 0 spiro atoms. The van der Waals surface area contributed by atoms with Crippen molar-refractivity contribution < 1.29 is 9.72 Å². The number of carbonyl (C=O) groups excluding carboxylic acids is 1. The highest BCUT2D eigenvalue weighted by molar-refractivity contribution is 6.06. The average molecular weight is 354 g/mol. The number of benzene rings is 1. The van der Waals surface area contributed by atoms with Crippen LogP contribution in [0.1, 0.15) is 28.7 Å². The van der Waals surface area contributed by atoms with Crippen molar-refractivity contribution in [3.8, 4) is 0 Å². The van der Waals surface area contributed by atoms with Gasteiger partial charge < -0.3 is 10.6 Å². The smallest absolute Gasteiger partial charge is 0.320 e. The van der Waals surface area contributed by atoms with Crippen LogP contribution in [-0.2, 0) is 13.6 Å². The summed E-state index contributed by atoms with van der Waals surface area (Å²) >= 11 is 0. The first-order valence-electron chi connectivity index (χ1n) is 7.23. The number of para-hydroxylation sites is 1. The summed E-state index contributed by atoms with van der Waals surface area (Å²) in [6.07, 6.45) is 0. The Morgan fingerprint density at radius 1 is 1.38 bits per heavy atom. The van der Waals surface area contributed by atoms with E-state index in [0.717, 1.165) is 12.1 Å². The minimum absolute atomic E-state index is 0. The molecule has 1 heterocycles. The van der Waals surface area contributed by atoms with Crippen LogP contribution in [0.15, 0.2) is 24.3 Å². The summed E-state index contributed by atoms with van der Waals surface area (Å²) in [6, 6.07) is 7.33. The molecule has 0 bridgehead atoms. The number of hydrogen-bond donors (Lipinski definition) is 2.